The first-order chi connectivity index (χ1) is 8.25. The van der Waals surface area contributed by atoms with Crippen LogP contribution in [0, 0.1) is 0 Å². The van der Waals surface area contributed by atoms with Crippen molar-refractivity contribution in [3.63, 3.8) is 0 Å². The zero-order chi connectivity index (χ0) is 11.8. The lowest BCUT2D eigenvalue weighted by Crippen LogP contribution is -2.11. The maximum atomic E-state index is 6.29. The molecule has 1 atom stereocenters. The van der Waals surface area contributed by atoms with Crippen LogP contribution in [0.2, 0.25) is 0 Å². The molecule has 0 saturated carbocycles. The van der Waals surface area contributed by atoms with Gasteiger partial charge in [-0.2, -0.15) is 11.3 Å². The molecule has 2 aromatic rings. The normalized spacial score (nSPS) is 15.9. The number of benzene rings is 1. The van der Waals surface area contributed by atoms with Crippen LogP contribution in [0.4, 0.5) is 0 Å². The second-order valence-electron chi connectivity index (χ2n) is 4.17. The van der Waals surface area contributed by atoms with Gasteiger partial charge in [0.2, 0.25) is 0 Å². The van der Waals surface area contributed by atoms with Crippen LogP contribution >= 0.6 is 27.3 Å². The third-order valence-electron chi connectivity index (χ3n) is 3.08. The second kappa shape index (κ2) is 4.53. The summed E-state index contributed by atoms with van der Waals surface area (Å²) in [5.74, 6) is 0. The average Bonchev–Trinajstić information content (AvgIpc) is 2.95. The molecule has 88 valence electrons. The number of hydrogen-bond donors (Lipinski definition) is 1. The molecule has 0 radical (unpaired) electrons. The van der Waals surface area contributed by atoms with Crippen LogP contribution in [0.1, 0.15) is 28.3 Å². The Hall–Kier alpha value is -0.680. The van der Waals surface area contributed by atoms with Crippen molar-refractivity contribution in [3.05, 3.63) is 55.7 Å². The summed E-state index contributed by atoms with van der Waals surface area (Å²) >= 11 is 5.20. The number of nitrogens with two attached hydrogens (primary N) is 1. The molecule has 1 aromatic heterocycles. The van der Waals surface area contributed by atoms with E-state index in [0.717, 1.165) is 22.2 Å². The minimum atomic E-state index is -0.0680. The van der Waals surface area contributed by atoms with Crippen molar-refractivity contribution in [3.8, 4) is 0 Å². The Morgan fingerprint density at radius 1 is 1.24 bits per heavy atom. The minimum Gasteiger partial charge on any atom is -0.372 e. The van der Waals surface area contributed by atoms with Gasteiger partial charge >= 0.3 is 0 Å². The standard InChI is InChI=1S/C13H12BrNOS/c14-12-7-17-6-11(12)13(15)8-1-2-9-4-16-5-10(9)3-8/h1-3,6-7,13H,4-5,15H2. The third-order valence-corrected chi connectivity index (χ3v) is 4.83. The van der Waals surface area contributed by atoms with E-state index in [1.165, 1.54) is 11.1 Å². The number of thiophene rings is 1. The molecule has 1 aliphatic heterocycles. The van der Waals surface area contributed by atoms with Crippen molar-refractivity contribution in [1.29, 1.82) is 0 Å². The topological polar surface area (TPSA) is 35.2 Å². The van der Waals surface area contributed by atoms with E-state index in [1.54, 1.807) is 11.3 Å². The van der Waals surface area contributed by atoms with Gasteiger partial charge in [-0.05, 0) is 43.6 Å². The van der Waals surface area contributed by atoms with Gasteiger partial charge in [-0.15, -0.1) is 0 Å². The molecule has 1 unspecified atom stereocenters. The molecule has 0 saturated heterocycles. The van der Waals surface area contributed by atoms with Crippen molar-refractivity contribution in [2.45, 2.75) is 19.3 Å². The molecule has 0 amide bonds. The first-order valence-corrected chi connectivity index (χ1v) is 7.16. The van der Waals surface area contributed by atoms with Crippen LogP contribution in [-0.2, 0) is 18.0 Å². The monoisotopic (exact) mass is 309 g/mol. The Morgan fingerprint density at radius 2 is 2.06 bits per heavy atom. The van der Waals surface area contributed by atoms with E-state index in [9.17, 15) is 0 Å². The lowest BCUT2D eigenvalue weighted by Gasteiger charge is -2.12. The maximum Gasteiger partial charge on any atom is 0.0725 e. The summed E-state index contributed by atoms with van der Waals surface area (Å²) in [5.41, 5.74) is 11.1. The maximum absolute atomic E-state index is 6.29. The van der Waals surface area contributed by atoms with Gasteiger partial charge in [-0.1, -0.05) is 18.2 Å². The zero-order valence-corrected chi connectivity index (χ0v) is 11.6. The number of ether oxygens (including phenoxy) is 1. The molecular weight excluding hydrogens is 298 g/mol. The number of hydrogen-bond acceptors (Lipinski definition) is 3. The SMILES string of the molecule is NC(c1ccc2c(c1)COC2)c1cscc1Br. The Labute approximate surface area is 113 Å². The summed E-state index contributed by atoms with van der Waals surface area (Å²) in [6.07, 6.45) is 0. The predicted molar refractivity (Wildman–Crippen MR) is 73.0 cm³/mol. The highest BCUT2D eigenvalue weighted by Crippen LogP contribution is 2.31. The highest BCUT2D eigenvalue weighted by molar-refractivity contribution is 9.10. The van der Waals surface area contributed by atoms with E-state index >= 15 is 0 Å². The van der Waals surface area contributed by atoms with E-state index in [0.29, 0.717) is 6.61 Å². The Balaban J connectivity index is 1.97. The number of halogens is 1. The molecule has 0 bridgehead atoms. The first kappa shape index (κ1) is 11.4. The fourth-order valence-corrected chi connectivity index (χ4v) is 3.66. The number of fused-ring (bicyclic) bond motifs is 1. The van der Waals surface area contributed by atoms with Crippen LogP contribution in [0.15, 0.2) is 33.4 Å². The van der Waals surface area contributed by atoms with Gasteiger partial charge in [0, 0.05) is 9.85 Å². The highest BCUT2D eigenvalue weighted by atomic mass is 79.9. The second-order valence-corrected chi connectivity index (χ2v) is 5.77. The molecule has 2 nitrogen and oxygen atoms in total. The smallest absolute Gasteiger partial charge is 0.0725 e. The van der Waals surface area contributed by atoms with Crippen molar-refractivity contribution in [1.82, 2.24) is 0 Å². The molecule has 0 aliphatic carbocycles. The van der Waals surface area contributed by atoms with Crippen molar-refractivity contribution < 1.29 is 4.74 Å². The lowest BCUT2D eigenvalue weighted by atomic mass is 9.98. The quantitative estimate of drug-likeness (QED) is 0.920. The van der Waals surface area contributed by atoms with E-state index in [1.807, 2.05) is 0 Å². The molecule has 2 N–H and O–H groups in total. The van der Waals surface area contributed by atoms with Crippen molar-refractivity contribution in [2.75, 3.05) is 0 Å². The summed E-state index contributed by atoms with van der Waals surface area (Å²) in [6, 6.07) is 6.32. The van der Waals surface area contributed by atoms with E-state index in [-0.39, 0.29) is 6.04 Å². The van der Waals surface area contributed by atoms with Gasteiger partial charge in [0.25, 0.3) is 0 Å². The summed E-state index contributed by atoms with van der Waals surface area (Å²) < 4.78 is 6.51. The molecule has 3 rings (SSSR count). The molecule has 17 heavy (non-hydrogen) atoms. The van der Waals surface area contributed by atoms with Crippen LogP contribution < -0.4 is 5.73 Å². The lowest BCUT2D eigenvalue weighted by molar-refractivity contribution is 0.134. The van der Waals surface area contributed by atoms with Crippen LogP contribution in [0.3, 0.4) is 0 Å². The van der Waals surface area contributed by atoms with E-state index < -0.39 is 0 Å². The van der Waals surface area contributed by atoms with Crippen LogP contribution in [-0.4, -0.2) is 0 Å². The van der Waals surface area contributed by atoms with E-state index in [4.69, 9.17) is 10.5 Å². The van der Waals surface area contributed by atoms with Crippen molar-refractivity contribution in [2.24, 2.45) is 5.73 Å². The average molecular weight is 310 g/mol. The molecule has 0 fully saturated rings. The third kappa shape index (κ3) is 2.06. The van der Waals surface area contributed by atoms with Gasteiger partial charge in [0.15, 0.2) is 0 Å². The van der Waals surface area contributed by atoms with Crippen LogP contribution in [0.25, 0.3) is 0 Å². The first-order valence-electron chi connectivity index (χ1n) is 5.42. The number of rotatable bonds is 2. The van der Waals surface area contributed by atoms with Crippen LogP contribution in [0.5, 0.6) is 0 Å². The highest BCUT2D eigenvalue weighted by Gasteiger charge is 2.17. The molecular formula is C13H12BrNOS. The van der Waals surface area contributed by atoms with Gasteiger partial charge in [0.05, 0.1) is 19.3 Å². The Bertz CT molecular complexity index is 552. The Morgan fingerprint density at radius 3 is 2.82 bits per heavy atom. The van der Waals surface area contributed by atoms with Gasteiger partial charge < -0.3 is 10.5 Å². The molecule has 1 aliphatic rings. The Kier molecular flexibility index (Phi) is 3.04. The fraction of sp³-hybridized carbons (Fsp3) is 0.231. The van der Waals surface area contributed by atoms with Gasteiger partial charge in [-0.3, -0.25) is 0 Å². The molecule has 1 aromatic carbocycles. The fourth-order valence-electron chi connectivity index (χ4n) is 2.08. The molecule has 2 heterocycles. The minimum absolute atomic E-state index is 0.0680. The zero-order valence-electron chi connectivity index (χ0n) is 9.15. The van der Waals surface area contributed by atoms with Crippen molar-refractivity contribution >= 4 is 27.3 Å². The largest absolute Gasteiger partial charge is 0.372 e. The predicted octanol–water partition coefficient (Wildman–Crippen LogP) is 3.59. The summed E-state index contributed by atoms with van der Waals surface area (Å²) in [6.45, 7) is 1.44. The summed E-state index contributed by atoms with van der Waals surface area (Å²) in [4.78, 5) is 0. The van der Waals surface area contributed by atoms with Gasteiger partial charge in [0.1, 0.15) is 0 Å². The van der Waals surface area contributed by atoms with E-state index in [2.05, 4.69) is 44.9 Å². The molecule has 4 heteroatoms. The van der Waals surface area contributed by atoms with Gasteiger partial charge in [-0.25, -0.2) is 0 Å². The summed E-state index contributed by atoms with van der Waals surface area (Å²) in [7, 11) is 0. The summed E-state index contributed by atoms with van der Waals surface area (Å²) in [5, 5.41) is 4.16. The molecule has 0 spiro atoms.